The second kappa shape index (κ2) is 12.1. The summed E-state index contributed by atoms with van der Waals surface area (Å²) in [6.45, 7) is 3.81. The molecule has 0 radical (unpaired) electrons. The van der Waals surface area contributed by atoms with Crippen molar-refractivity contribution in [3.8, 4) is 0 Å². The van der Waals surface area contributed by atoms with Gasteiger partial charge in [-0.2, -0.15) is 0 Å². The molecule has 3 N–H and O–H groups in total. The number of nitrogens with zero attached hydrogens (tertiary/aromatic N) is 1. The van der Waals surface area contributed by atoms with Gasteiger partial charge in [-0.1, -0.05) is 60.1 Å². The maximum absolute atomic E-state index is 10.3. The van der Waals surface area contributed by atoms with E-state index in [2.05, 4.69) is 27.8 Å². The van der Waals surface area contributed by atoms with Gasteiger partial charge in [0.2, 0.25) is 0 Å². The molecule has 1 unspecified atom stereocenters. The zero-order valence-electron chi connectivity index (χ0n) is 14.3. The van der Waals surface area contributed by atoms with Crippen molar-refractivity contribution in [3.05, 3.63) is 70.7 Å². The van der Waals surface area contributed by atoms with Gasteiger partial charge in [0.15, 0.2) is 5.96 Å². The maximum Gasteiger partial charge on any atom is 0.191 e. The molecule has 4 nitrogen and oxygen atoms in total. The van der Waals surface area contributed by atoms with Crippen molar-refractivity contribution in [3.63, 3.8) is 0 Å². The Morgan fingerprint density at radius 1 is 1.08 bits per heavy atom. The molecule has 25 heavy (non-hydrogen) atoms. The molecular formula is C19H25ClIN3O. The molecular weight excluding hydrogens is 449 g/mol. The molecule has 1 atom stereocenters. The van der Waals surface area contributed by atoms with E-state index >= 15 is 0 Å². The molecule has 2 aromatic carbocycles. The van der Waals surface area contributed by atoms with E-state index in [1.807, 2.05) is 43.3 Å². The number of aliphatic hydroxyl groups excluding tert-OH is 1. The van der Waals surface area contributed by atoms with Gasteiger partial charge in [-0.15, -0.1) is 24.0 Å². The highest BCUT2D eigenvalue weighted by Gasteiger charge is 2.10. The minimum atomic E-state index is -0.719. The standard InChI is InChI=1S/C19H24ClN3O.HI/c1-2-21-19(22-13-12-15-8-4-3-5-9-15)23-14-18(24)16-10-6-7-11-17(16)20;/h3-11,18,24H,2,12-14H2,1H3,(H2,21,22,23);1H. The number of aliphatic hydroxyl groups is 1. The topological polar surface area (TPSA) is 56.7 Å². The number of guanidine groups is 1. The smallest absolute Gasteiger partial charge is 0.191 e. The van der Waals surface area contributed by atoms with Crippen LogP contribution >= 0.6 is 35.6 Å². The zero-order valence-corrected chi connectivity index (χ0v) is 17.4. The van der Waals surface area contributed by atoms with Crippen LogP contribution in [-0.4, -0.2) is 30.7 Å². The van der Waals surface area contributed by atoms with Crippen molar-refractivity contribution in [2.24, 2.45) is 4.99 Å². The Balaban J connectivity index is 0.00000312. The van der Waals surface area contributed by atoms with Crippen LogP contribution in [0.3, 0.4) is 0 Å². The average molecular weight is 474 g/mol. The highest BCUT2D eigenvalue weighted by molar-refractivity contribution is 14.0. The van der Waals surface area contributed by atoms with Gasteiger partial charge >= 0.3 is 0 Å². The Kier molecular flexibility index (Phi) is 10.5. The maximum atomic E-state index is 10.3. The quantitative estimate of drug-likeness (QED) is 0.326. The van der Waals surface area contributed by atoms with Crippen LogP contribution in [-0.2, 0) is 6.42 Å². The third-order valence-corrected chi connectivity index (χ3v) is 3.92. The van der Waals surface area contributed by atoms with Crippen molar-refractivity contribution in [1.29, 1.82) is 0 Å². The van der Waals surface area contributed by atoms with Crippen LogP contribution in [0, 0.1) is 0 Å². The molecule has 0 bridgehead atoms. The molecule has 0 aromatic heterocycles. The van der Waals surface area contributed by atoms with Crippen molar-refractivity contribution >= 4 is 41.5 Å². The summed E-state index contributed by atoms with van der Waals surface area (Å²) in [5.41, 5.74) is 1.97. The molecule has 2 rings (SSSR count). The minimum Gasteiger partial charge on any atom is -0.386 e. The van der Waals surface area contributed by atoms with E-state index in [0.29, 0.717) is 16.5 Å². The highest BCUT2D eigenvalue weighted by Crippen LogP contribution is 2.22. The molecule has 0 saturated heterocycles. The fraction of sp³-hybridized carbons (Fsp3) is 0.316. The number of hydrogen-bond donors (Lipinski definition) is 3. The van der Waals surface area contributed by atoms with Crippen molar-refractivity contribution in [2.45, 2.75) is 19.4 Å². The Morgan fingerprint density at radius 2 is 1.76 bits per heavy atom. The SMILES string of the molecule is CCNC(=NCC(O)c1ccccc1Cl)NCCc1ccccc1.I. The van der Waals surface area contributed by atoms with Gasteiger partial charge < -0.3 is 15.7 Å². The summed E-state index contributed by atoms with van der Waals surface area (Å²) in [7, 11) is 0. The lowest BCUT2D eigenvalue weighted by Gasteiger charge is -2.14. The van der Waals surface area contributed by atoms with E-state index < -0.39 is 6.10 Å². The first-order valence-corrected chi connectivity index (χ1v) is 8.57. The molecule has 136 valence electrons. The van der Waals surface area contributed by atoms with Gasteiger partial charge in [0.25, 0.3) is 0 Å². The molecule has 0 aliphatic carbocycles. The largest absolute Gasteiger partial charge is 0.386 e. The second-order valence-corrected chi connectivity index (χ2v) is 5.83. The zero-order chi connectivity index (χ0) is 17.2. The van der Waals surface area contributed by atoms with Crippen molar-refractivity contribution < 1.29 is 5.11 Å². The summed E-state index contributed by atoms with van der Waals surface area (Å²) in [6, 6.07) is 17.6. The molecule has 0 spiro atoms. The minimum absolute atomic E-state index is 0. The summed E-state index contributed by atoms with van der Waals surface area (Å²) in [4.78, 5) is 4.45. The Labute approximate surface area is 171 Å². The first-order valence-electron chi connectivity index (χ1n) is 8.19. The number of aliphatic imine (C=N–C) groups is 1. The van der Waals surface area contributed by atoms with Crippen LogP contribution < -0.4 is 10.6 Å². The summed E-state index contributed by atoms with van der Waals surface area (Å²) in [6.07, 6.45) is 0.196. The summed E-state index contributed by atoms with van der Waals surface area (Å²) in [5, 5.41) is 17.3. The second-order valence-electron chi connectivity index (χ2n) is 5.42. The predicted molar refractivity (Wildman–Crippen MR) is 116 cm³/mol. The number of hydrogen-bond acceptors (Lipinski definition) is 2. The van der Waals surface area contributed by atoms with Crippen molar-refractivity contribution in [1.82, 2.24) is 10.6 Å². The molecule has 6 heteroatoms. The molecule has 0 heterocycles. The normalized spacial score (nSPS) is 12.2. The van der Waals surface area contributed by atoms with Crippen LogP contribution in [0.2, 0.25) is 5.02 Å². The van der Waals surface area contributed by atoms with Gasteiger partial charge in [0, 0.05) is 23.7 Å². The lowest BCUT2D eigenvalue weighted by molar-refractivity contribution is 0.187. The Morgan fingerprint density at radius 3 is 2.44 bits per heavy atom. The summed E-state index contributed by atoms with van der Waals surface area (Å²) < 4.78 is 0. The highest BCUT2D eigenvalue weighted by atomic mass is 127. The Bertz CT molecular complexity index is 652. The van der Waals surface area contributed by atoms with E-state index in [0.717, 1.165) is 19.5 Å². The van der Waals surface area contributed by atoms with E-state index in [-0.39, 0.29) is 30.5 Å². The third kappa shape index (κ3) is 7.63. The summed E-state index contributed by atoms with van der Waals surface area (Å²) in [5.74, 6) is 0.694. The fourth-order valence-electron chi connectivity index (χ4n) is 2.33. The first kappa shape index (κ1) is 21.7. The number of nitrogens with one attached hydrogen (secondary N) is 2. The number of benzene rings is 2. The third-order valence-electron chi connectivity index (χ3n) is 3.58. The van der Waals surface area contributed by atoms with Crippen LogP contribution in [0.15, 0.2) is 59.6 Å². The van der Waals surface area contributed by atoms with Gasteiger partial charge in [-0.05, 0) is 25.0 Å². The Hall–Kier alpha value is -1.31. The fourth-order valence-corrected chi connectivity index (χ4v) is 2.59. The molecule has 0 saturated carbocycles. The lowest BCUT2D eigenvalue weighted by atomic mass is 10.1. The van der Waals surface area contributed by atoms with Gasteiger partial charge in [0.05, 0.1) is 6.54 Å². The van der Waals surface area contributed by atoms with Gasteiger partial charge in [-0.25, -0.2) is 0 Å². The van der Waals surface area contributed by atoms with Crippen LogP contribution in [0.1, 0.15) is 24.2 Å². The van der Waals surface area contributed by atoms with E-state index in [1.54, 1.807) is 6.07 Å². The van der Waals surface area contributed by atoms with Crippen LogP contribution in [0.5, 0.6) is 0 Å². The van der Waals surface area contributed by atoms with E-state index in [9.17, 15) is 5.11 Å². The number of rotatable bonds is 7. The molecule has 0 aliphatic heterocycles. The van der Waals surface area contributed by atoms with Gasteiger partial charge in [0.1, 0.15) is 6.10 Å². The predicted octanol–water partition coefficient (Wildman–Crippen LogP) is 3.79. The van der Waals surface area contributed by atoms with Crippen LogP contribution in [0.4, 0.5) is 0 Å². The average Bonchev–Trinajstić information content (AvgIpc) is 2.60. The lowest BCUT2D eigenvalue weighted by Crippen LogP contribution is -2.38. The van der Waals surface area contributed by atoms with Crippen LogP contribution in [0.25, 0.3) is 0 Å². The number of halogens is 2. The van der Waals surface area contributed by atoms with E-state index in [4.69, 9.17) is 11.6 Å². The molecule has 2 aromatic rings. The van der Waals surface area contributed by atoms with Gasteiger partial charge in [-0.3, -0.25) is 4.99 Å². The molecule has 0 fully saturated rings. The first-order chi connectivity index (χ1) is 11.7. The van der Waals surface area contributed by atoms with Crippen molar-refractivity contribution in [2.75, 3.05) is 19.6 Å². The van der Waals surface area contributed by atoms with E-state index in [1.165, 1.54) is 5.56 Å². The molecule has 0 amide bonds. The monoisotopic (exact) mass is 473 g/mol. The molecule has 0 aliphatic rings. The summed E-state index contributed by atoms with van der Waals surface area (Å²) >= 11 is 6.11.